The van der Waals surface area contributed by atoms with E-state index in [0.29, 0.717) is 13.2 Å². The second kappa shape index (κ2) is 6.43. The molecule has 1 atom stereocenters. The number of carbonyl (C=O) groups is 1. The number of alkyl halides is 1. The minimum atomic E-state index is -0.169. The third kappa shape index (κ3) is 6.61. The van der Waals surface area contributed by atoms with Crippen molar-refractivity contribution in [3.63, 3.8) is 0 Å². The van der Waals surface area contributed by atoms with Gasteiger partial charge < -0.3 is 4.74 Å². The molecule has 3 nitrogen and oxygen atoms in total. The van der Waals surface area contributed by atoms with E-state index in [0.717, 1.165) is 6.42 Å². The largest absolute Gasteiger partial charge is 0.464 e. The van der Waals surface area contributed by atoms with Crippen molar-refractivity contribution in [2.24, 2.45) is 0 Å². The lowest BCUT2D eigenvalue weighted by Gasteiger charge is -2.11. The zero-order valence-electron chi connectivity index (χ0n) is 7.84. The van der Waals surface area contributed by atoms with Crippen LogP contribution in [0.5, 0.6) is 0 Å². The normalized spacial score (nSPS) is 13.1. The Balaban J connectivity index is 3.44. The van der Waals surface area contributed by atoms with Crippen LogP contribution in [0.3, 0.4) is 0 Å². The first-order chi connectivity index (χ1) is 5.56. The van der Waals surface area contributed by atoms with Crippen LogP contribution in [0.25, 0.3) is 0 Å². The summed E-state index contributed by atoms with van der Waals surface area (Å²) in [5.74, 6) is -0.169. The van der Waals surface area contributed by atoms with Gasteiger partial charge in [0, 0.05) is 4.83 Å². The third-order valence-electron chi connectivity index (χ3n) is 1.31. The Hall–Kier alpha value is -0.0900. The summed E-state index contributed by atoms with van der Waals surface area (Å²) in [7, 11) is 3.68. The van der Waals surface area contributed by atoms with Crippen molar-refractivity contribution in [3.8, 4) is 0 Å². The van der Waals surface area contributed by atoms with Crippen LogP contribution >= 0.6 is 15.9 Å². The molecule has 0 aromatic heterocycles. The van der Waals surface area contributed by atoms with E-state index >= 15 is 0 Å². The summed E-state index contributed by atoms with van der Waals surface area (Å²) in [5, 5.41) is 0. The van der Waals surface area contributed by atoms with Gasteiger partial charge in [-0.3, -0.25) is 9.69 Å². The molecule has 0 aliphatic rings. The number of halogens is 1. The number of carbonyl (C=O) groups excluding carboxylic acids is 1. The highest BCUT2D eigenvalue weighted by molar-refractivity contribution is 9.09. The van der Waals surface area contributed by atoms with Gasteiger partial charge in [0.1, 0.15) is 6.61 Å². The molecule has 1 unspecified atom stereocenters. The quantitative estimate of drug-likeness (QED) is 0.533. The van der Waals surface area contributed by atoms with Gasteiger partial charge in [-0.15, -0.1) is 0 Å². The number of ether oxygens (including phenoxy) is 1. The molecule has 0 radical (unpaired) electrons. The van der Waals surface area contributed by atoms with Crippen LogP contribution in [0.2, 0.25) is 0 Å². The molecule has 0 heterocycles. The van der Waals surface area contributed by atoms with E-state index in [1.807, 2.05) is 21.0 Å². The van der Waals surface area contributed by atoms with Gasteiger partial charge in [0.15, 0.2) is 0 Å². The summed E-state index contributed by atoms with van der Waals surface area (Å²) < 4.78 is 4.98. The first-order valence-corrected chi connectivity index (χ1v) is 4.92. The van der Waals surface area contributed by atoms with Crippen LogP contribution in [0.15, 0.2) is 0 Å². The summed E-state index contributed by atoms with van der Waals surface area (Å²) >= 11 is 3.38. The van der Waals surface area contributed by atoms with E-state index in [-0.39, 0.29) is 10.8 Å². The maximum Gasteiger partial charge on any atom is 0.320 e. The summed E-state index contributed by atoms with van der Waals surface area (Å²) in [6, 6.07) is 0. The van der Waals surface area contributed by atoms with Gasteiger partial charge in [0.2, 0.25) is 0 Å². The van der Waals surface area contributed by atoms with E-state index in [2.05, 4.69) is 15.9 Å². The zero-order chi connectivity index (χ0) is 9.56. The fraction of sp³-hybridized carbons (Fsp3) is 0.875. The Morgan fingerprint density at radius 1 is 1.58 bits per heavy atom. The standard InChI is InChI=1S/C8H16BrNO2/c1-4-7(9)6-12-8(11)5-10(2)3/h7H,4-6H2,1-3H3. The second-order valence-electron chi connectivity index (χ2n) is 2.93. The van der Waals surface area contributed by atoms with Crippen molar-refractivity contribution in [3.05, 3.63) is 0 Å². The Morgan fingerprint density at radius 3 is 2.58 bits per heavy atom. The van der Waals surface area contributed by atoms with Crippen molar-refractivity contribution in [2.75, 3.05) is 27.2 Å². The molecule has 0 aliphatic heterocycles. The molecule has 0 fully saturated rings. The zero-order valence-corrected chi connectivity index (χ0v) is 9.43. The minimum Gasteiger partial charge on any atom is -0.464 e. The molecule has 0 aromatic carbocycles. The van der Waals surface area contributed by atoms with Crippen molar-refractivity contribution in [2.45, 2.75) is 18.2 Å². The predicted molar refractivity (Wildman–Crippen MR) is 52.5 cm³/mol. The second-order valence-corrected chi connectivity index (χ2v) is 4.22. The molecule has 0 aromatic rings. The maximum atomic E-state index is 11.0. The smallest absolute Gasteiger partial charge is 0.320 e. The highest BCUT2D eigenvalue weighted by Crippen LogP contribution is 2.04. The molecule has 0 rings (SSSR count). The molecule has 0 saturated heterocycles. The van der Waals surface area contributed by atoms with Gasteiger partial charge >= 0.3 is 5.97 Å². The van der Waals surface area contributed by atoms with Crippen LogP contribution in [0.4, 0.5) is 0 Å². The number of rotatable bonds is 5. The first kappa shape index (κ1) is 11.9. The highest BCUT2D eigenvalue weighted by atomic mass is 79.9. The average molecular weight is 238 g/mol. The molecule has 0 aliphatic carbocycles. The van der Waals surface area contributed by atoms with E-state index in [9.17, 15) is 4.79 Å². The maximum absolute atomic E-state index is 11.0. The van der Waals surface area contributed by atoms with Gasteiger partial charge in [0.25, 0.3) is 0 Å². The fourth-order valence-electron chi connectivity index (χ4n) is 0.605. The molecule has 0 N–H and O–H groups in total. The van der Waals surface area contributed by atoms with Crippen molar-refractivity contribution in [1.82, 2.24) is 4.90 Å². The van der Waals surface area contributed by atoms with Gasteiger partial charge in [-0.05, 0) is 20.5 Å². The lowest BCUT2D eigenvalue weighted by Crippen LogP contribution is -2.25. The number of likely N-dealkylation sites (N-methyl/N-ethyl adjacent to an activating group) is 1. The van der Waals surface area contributed by atoms with E-state index in [1.165, 1.54) is 0 Å². The van der Waals surface area contributed by atoms with Gasteiger partial charge in [0.05, 0.1) is 6.54 Å². The molecule has 0 bridgehead atoms. The van der Waals surface area contributed by atoms with Crippen LogP contribution in [0.1, 0.15) is 13.3 Å². The van der Waals surface area contributed by atoms with E-state index in [4.69, 9.17) is 4.74 Å². The first-order valence-electron chi connectivity index (χ1n) is 4.00. The molecule has 0 amide bonds. The molecule has 72 valence electrons. The summed E-state index contributed by atoms with van der Waals surface area (Å²) in [4.78, 5) is 13.1. The summed E-state index contributed by atoms with van der Waals surface area (Å²) in [6.45, 7) is 2.85. The Kier molecular flexibility index (Phi) is 6.38. The lowest BCUT2D eigenvalue weighted by atomic mass is 10.4. The van der Waals surface area contributed by atoms with Gasteiger partial charge in [-0.25, -0.2) is 0 Å². The number of esters is 1. The minimum absolute atomic E-state index is 0.169. The van der Waals surface area contributed by atoms with E-state index in [1.54, 1.807) is 4.90 Å². The average Bonchev–Trinajstić information content (AvgIpc) is 1.99. The van der Waals surface area contributed by atoms with Crippen molar-refractivity contribution >= 4 is 21.9 Å². The highest BCUT2D eigenvalue weighted by Gasteiger charge is 2.07. The van der Waals surface area contributed by atoms with Gasteiger partial charge in [-0.1, -0.05) is 22.9 Å². The topological polar surface area (TPSA) is 29.5 Å². The van der Waals surface area contributed by atoms with Crippen molar-refractivity contribution in [1.29, 1.82) is 0 Å². The molecule has 4 heteroatoms. The molecule has 0 saturated carbocycles. The summed E-state index contributed by atoms with van der Waals surface area (Å²) in [6.07, 6.45) is 0.968. The Bertz CT molecular complexity index is 139. The SMILES string of the molecule is CCC(Br)COC(=O)CN(C)C. The van der Waals surface area contributed by atoms with Crippen LogP contribution in [0, 0.1) is 0 Å². The van der Waals surface area contributed by atoms with E-state index < -0.39 is 0 Å². The fourth-order valence-corrected chi connectivity index (χ4v) is 0.737. The van der Waals surface area contributed by atoms with Crippen LogP contribution < -0.4 is 0 Å². The van der Waals surface area contributed by atoms with Gasteiger partial charge in [-0.2, -0.15) is 0 Å². The van der Waals surface area contributed by atoms with Crippen LogP contribution in [-0.4, -0.2) is 42.9 Å². The number of hydrogen-bond acceptors (Lipinski definition) is 3. The Labute approximate surface area is 82.2 Å². The Morgan fingerprint density at radius 2 is 2.17 bits per heavy atom. The predicted octanol–water partition coefficient (Wildman–Crippen LogP) is 1.26. The molecular weight excluding hydrogens is 222 g/mol. The third-order valence-corrected chi connectivity index (χ3v) is 2.23. The monoisotopic (exact) mass is 237 g/mol. The lowest BCUT2D eigenvalue weighted by molar-refractivity contribution is -0.144. The number of hydrogen-bond donors (Lipinski definition) is 0. The number of nitrogens with zero attached hydrogens (tertiary/aromatic N) is 1. The van der Waals surface area contributed by atoms with Crippen molar-refractivity contribution < 1.29 is 9.53 Å². The molecule has 0 spiro atoms. The van der Waals surface area contributed by atoms with Crippen LogP contribution in [-0.2, 0) is 9.53 Å². The molecular formula is C8H16BrNO2. The molecule has 12 heavy (non-hydrogen) atoms. The summed E-state index contributed by atoms with van der Waals surface area (Å²) in [5.41, 5.74) is 0.